The Bertz CT molecular complexity index is 1020. The molecule has 1 aliphatic heterocycles. The van der Waals surface area contributed by atoms with Crippen molar-refractivity contribution in [3.63, 3.8) is 0 Å². The number of hydrogen-bond donors (Lipinski definition) is 2. The normalized spacial score (nSPS) is 17.2. The highest BCUT2D eigenvalue weighted by Gasteiger charge is 2.32. The summed E-state index contributed by atoms with van der Waals surface area (Å²) in [7, 11) is 1.59. The van der Waals surface area contributed by atoms with Crippen LogP contribution >= 0.6 is 11.8 Å². The van der Waals surface area contributed by atoms with Crippen LogP contribution in [0.4, 0.5) is 5.69 Å². The second-order valence-corrected chi connectivity index (χ2v) is 7.60. The van der Waals surface area contributed by atoms with Gasteiger partial charge in [0, 0.05) is 17.7 Å². The topological polar surface area (TPSA) is 109 Å². The third-order valence-electron chi connectivity index (χ3n) is 4.17. The summed E-state index contributed by atoms with van der Waals surface area (Å²) in [6.45, 7) is 1.46. The van der Waals surface area contributed by atoms with Gasteiger partial charge in [-0.2, -0.15) is 5.10 Å². The number of thioether (sulfide) groups is 1. The van der Waals surface area contributed by atoms with E-state index in [1.165, 1.54) is 6.92 Å². The first-order valence-corrected chi connectivity index (χ1v) is 9.96. The largest absolute Gasteiger partial charge is 0.497 e. The average Bonchev–Trinajstić information content (AvgIpc) is 3.07. The summed E-state index contributed by atoms with van der Waals surface area (Å²) in [4.78, 5) is 35.8. The molecule has 2 aromatic rings. The van der Waals surface area contributed by atoms with E-state index in [9.17, 15) is 14.4 Å². The lowest BCUT2D eigenvalue weighted by Crippen LogP contribution is -2.28. The molecule has 2 N–H and O–H groups in total. The number of ether oxygens (including phenoxy) is 1. The number of nitrogens with zero attached hydrogens (tertiary/aromatic N) is 2. The van der Waals surface area contributed by atoms with Crippen LogP contribution in [0, 0.1) is 0 Å². The van der Waals surface area contributed by atoms with Crippen LogP contribution in [-0.4, -0.2) is 41.3 Å². The molecule has 1 saturated heterocycles. The minimum Gasteiger partial charge on any atom is -0.497 e. The van der Waals surface area contributed by atoms with Gasteiger partial charge in [0.25, 0.3) is 0 Å². The highest BCUT2D eigenvalue weighted by molar-refractivity contribution is 8.15. The van der Waals surface area contributed by atoms with E-state index in [1.54, 1.807) is 49.7 Å². The Kier molecular flexibility index (Phi) is 6.97. The van der Waals surface area contributed by atoms with Crippen LogP contribution in [-0.2, 0) is 9.59 Å². The number of ketones is 1. The zero-order valence-corrected chi connectivity index (χ0v) is 17.2. The molecule has 1 atom stereocenters. The Labute approximate surface area is 177 Å². The molecule has 3 rings (SSSR count). The lowest BCUT2D eigenvalue weighted by atomic mass is 10.1. The number of amides is 2. The van der Waals surface area contributed by atoms with E-state index < -0.39 is 5.25 Å². The molecule has 154 valence electrons. The molecule has 1 aliphatic rings. The molecule has 0 spiro atoms. The third-order valence-corrected chi connectivity index (χ3v) is 5.24. The van der Waals surface area contributed by atoms with Crippen molar-refractivity contribution in [3.8, 4) is 5.75 Å². The minimum atomic E-state index is -0.601. The van der Waals surface area contributed by atoms with Crippen LogP contribution in [0.3, 0.4) is 0 Å². The summed E-state index contributed by atoms with van der Waals surface area (Å²) < 4.78 is 5.09. The zero-order chi connectivity index (χ0) is 21.5. The monoisotopic (exact) mass is 424 g/mol. The summed E-state index contributed by atoms with van der Waals surface area (Å²) in [5, 5.41) is 13.0. The Morgan fingerprint density at radius 1 is 1.23 bits per heavy atom. The second kappa shape index (κ2) is 9.84. The third kappa shape index (κ3) is 5.77. The number of rotatable bonds is 7. The SMILES string of the molecule is COc1ccc(/C=N/N=C2\NC(=O)C(CC(=O)Nc3cccc(C(C)=O)c3)S2)cc1. The fraction of sp³-hybridized carbons (Fsp3) is 0.190. The van der Waals surface area contributed by atoms with Gasteiger partial charge in [-0.3, -0.25) is 14.4 Å². The smallest absolute Gasteiger partial charge is 0.240 e. The lowest BCUT2D eigenvalue weighted by Gasteiger charge is -2.08. The van der Waals surface area contributed by atoms with E-state index in [4.69, 9.17) is 4.74 Å². The Hall–Kier alpha value is -3.46. The van der Waals surface area contributed by atoms with Crippen LogP contribution in [0.25, 0.3) is 0 Å². The zero-order valence-electron chi connectivity index (χ0n) is 16.4. The first kappa shape index (κ1) is 21.3. The average molecular weight is 424 g/mol. The van der Waals surface area contributed by atoms with Gasteiger partial charge in [-0.25, -0.2) is 0 Å². The number of hydrogen-bond acceptors (Lipinski definition) is 7. The van der Waals surface area contributed by atoms with E-state index in [2.05, 4.69) is 20.8 Å². The van der Waals surface area contributed by atoms with Crippen molar-refractivity contribution in [3.05, 3.63) is 59.7 Å². The van der Waals surface area contributed by atoms with E-state index in [0.717, 1.165) is 23.1 Å². The molecule has 1 fully saturated rings. The van der Waals surface area contributed by atoms with Gasteiger partial charge in [0.05, 0.1) is 13.3 Å². The van der Waals surface area contributed by atoms with Crippen molar-refractivity contribution in [2.45, 2.75) is 18.6 Å². The summed E-state index contributed by atoms with van der Waals surface area (Å²) in [5.41, 5.74) is 1.84. The Morgan fingerprint density at radius 3 is 2.70 bits per heavy atom. The molecule has 2 amide bonds. The number of anilines is 1. The molecule has 1 heterocycles. The molecule has 8 nitrogen and oxygen atoms in total. The van der Waals surface area contributed by atoms with Gasteiger partial charge in [-0.15, -0.1) is 5.10 Å². The lowest BCUT2D eigenvalue weighted by molar-refractivity contribution is -0.122. The molecule has 0 radical (unpaired) electrons. The Morgan fingerprint density at radius 2 is 2.00 bits per heavy atom. The number of nitrogens with one attached hydrogen (secondary N) is 2. The maximum Gasteiger partial charge on any atom is 0.240 e. The second-order valence-electron chi connectivity index (χ2n) is 6.41. The summed E-state index contributed by atoms with van der Waals surface area (Å²) in [6.07, 6.45) is 1.53. The number of Topliss-reactive ketones (excluding diaryl/α,β-unsaturated/α-hetero) is 1. The van der Waals surface area contributed by atoms with Crippen LogP contribution in [0.2, 0.25) is 0 Å². The minimum absolute atomic E-state index is 0.0258. The van der Waals surface area contributed by atoms with E-state index >= 15 is 0 Å². The van der Waals surface area contributed by atoms with Gasteiger partial charge in [-0.1, -0.05) is 23.9 Å². The standard InChI is InChI=1S/C21H20N4O4S/c1-13(26)15-4-3-5-16(10-15)23-19(27)11-18-20(28)24-21(30-18)25-22-12-14-6-8-17(29-2)9-7-14/h3-10,12,18H,11H2,1-2H3,(H,23,27)(H,24,25,28)/b22-12+. The summed E-state index contributed by atoms with van der Waals surface area (Å²) >= 11 is 1.15. The number of benzene rings is 2. The molecule has 30 heavy (non-hydrogen) atoms. The highest BCUT2D eigenvalue weighted by Crippen LogP contribution is 2.23. The fourth-order valence-electron chi connectivity index (χ4n) is 2.62. The Balaban J connectivity index is 1.55. The van der Waals surface area contributed by atoms with E-state index in [0.29, 0.717) is 16.4 Å². The first-order valence-electron chi connectivity index (χ1n) is 9.08. The van der Waals surface area contributed by atoms with Gasteiger partial charge in [0.15, 0.2) is 11.0 Å². The molecular weight excluding hydrogens is 404 g/mol. The molecule has 0 aliphatic carbocycles. The highest BCUT2D eigenvalue weighted by atomic mass is 32.2. The van der Waals surface area contributed by atoms with Gasteiger partial charge < -0.3 is 15.4 Å². The van der Waals surface area contributed by atoms with Gasteiger partial charge >= 0.3 is 0 Å². The van der Waals surface area contributed by atoms with Gasteiger partial charge in [0.1, 0.15) is 11.0 Å². The maximum absolute atomic E-state index is 12.3. The molecule has 0 bridgehead atoms. The number of carbonyl (C=O) groups excluding carboxylic acids is 3. The quantitative estimate of drug-likeness (QED) is 0.404. The molecule has 0 aromatic heterocycles. The molecule has 1 unspecified atom stereocenters. The number of amidine groups is 1. The van der Waals surface area contributed by atoms with E-state index in [-0.39, 0.29) is 24.0 Å². The maximum atomic E-state index is 12.3. The predicted octanol–water partition coefficient (Wildman–Crippen LogP) is 2.85. The summed E-state index contributed by atoms with van der Waals surface area (Å²) in [5.74, 6) is 0.0245. The van der Waals surface area contributed by atoms with Crippen molar-refractivity contribution >= 4 is 46.4 Å². The van der Waals surface area contributed by atoms with Crippen LogP contribution in [0.5, 0.6) is 5.75 Å². The van der Waals surface area contributed by atoms with Gasteiger partial charge in [-0.05, 0) is 48.9 Å². The first-order chi connectivity index (χ1) is 14.4. The van der Waals surface area contributed by atoms with Crippen molar-refractivity contribution < 1.29 is 19.1 Å². The molecule has 0 saturated carbocycles. The number of carbonyl (C=O) groups is 3. The molecular formula is C21H20N4O4S. The number of methoxy groups -OCH3 is 1. The van der Waals surface area contributed by atoms with Gasteiger partial charge in [0.2, 0.25) is 11.8 Å². The molecule has 2 aromatic carbocycles. The van der Waals surface area contributed by atoms with Crippen molar-refractivity contribution in [1.82, 2.24) is 5.32 Å². The van der Waals surface area contributed by atoms with Crippen LogP contribution in [0.15, 0.2) is 58.7 Å². The molecule has 9 heteroatoms. The van der Waals surface area contributed by atoms with Crippen molar-refractivity contribution in [1.29, 1.82) is 0 Å². The van der Waals surface area contributed by atoms with Crippen LogP contribution in [0.1, 0.15) is 29.3 Å². The van der Waals surface area contributed by atoms with E-state index in [1.807, 2.05) is 12.1 Å². The van der Waals surface area contributed by atoms with Crippen molar-refractivity contribution in [2.75, 3.05) is 12.4 Å². The predicted molar refractivity (Wildman–Crippen MR) is 117 cm³/mol. The fourth-order valence-corrected chi connectivity index (χ4v) is 3.54. The van der Waals surface area contributed by atoms with Crippen molar-refractivity contribution in [2.24, 2.45) is 10.2 Å². The van der Waals surface area contributed by atoms with Crippen LogP contribution < -0.4 is 15.4 Å². The summed E-state index contributed by atoms with van der Waals surface area (Å²) in [6, 6.07) is 13.9.